The van der Waals surface area contributed by atoms with Gasteiger partial charge in [-0.2, -0.15) is 0 Å². The number of H-pyrrole nitrogens is 1. The first-order chi connectivity index (χ1) is 13.6. The number of aromatic nitrogens is 2. The summed E-state index contributed by atoms with van der Waals surface area (Å²) in [5.74, 6) is -0.869. The summed E-state index contributed by atoms with van der Waals surface area (Å²) in [6.45, 7) is 4.54. The summed E-state index contributed by atoms with van der Waals surface area (Å²) in [5.41, 5.74) is 3.46. The minimum absolute atomic E-state index is 0.279. The molecule has 3 aromatic heterocycles. The minimum atomic E-state index is -0.448. The lowest BCUT2D eigenvalue weighted by atomic mass is 10.2. The molecule has 7 nitrogen and oxygen atoms in total. The van der Waals surface area contributed by atoms with Crippen molar-refractivity contribution in [2.24, 2.45) is 0 Å². The standard InChI is InChI=1S/C21H20N2O5/c1-3-26-20(24)15-11-17-18(22-15)14-10-16(21(25)27-4-2)23(19(14)28-17)12-13-8-6-5-7-9-13/h5-11,22H,3-4,12H2,1-2H3. The van der Waals surface area contributed by atoms with Crippen LogP contribution in [0.4, 0.5) is 0 Å². The van der Waals surface area contributed by atoms with E-state index in [1.807, 2.05) is 30.3 Å². The van der Waals surface area contributed by atoms with Crippen molar-refractivity contribution >= 4 is 34.1 Å². The number of benzene rings is 1. The van der Waals surface area contributed by atoms with Crippen LogP contribution in [0.3, 0.4) is 0 Å². The second kappa shape index (κ2) is 7.26. The predicted octanol–water partition coefficient (Wildman–Crippen LogP) is 4.12. The van der Waals surface area contributed by atoms with E-state index in [1.54, 1.807) is 30.5 Å². The van der Waals surface area contributed by atoms with Gasteiger partial charge in [-0.25, -0.2) is 9.59 Å². The van der Waals surface area contributed by atoms with Gasteiger partial charge in [-0.05, 0) is 25.5 Å². The molecular formula is C21H20N2O5. The van der Waals surface area contributed by atoms with Crippen LogP contribution in [0.1, 0.15) is 40.4 Å². The monoisotopic (exact) mass is 380 g/mol. The normalized spacial score (nSPS) is 11.2. The van der Waals surface area contributed by atoms with E-state index in [2.05, 4.69) is 4.98 Å². The summed E-state index contributed by atoms with van der Waals surface area (Å²) in [6.07, 6.45) is 0. The van der Waals surface area contributed by atoms with E-state index in [0.29, 0.717) is 40.1 Å². The fourth-order valence-corrected chi connectivity index (χ4v) is 3.26. The summed E-state index contributed by atoms with van der Waals surface area (Å²) in [5, 5.41) is 0.713. The number of nitrogens with zero attached hydrogens (tertiary/aromatic N) is 1. The van der Waals surface area contributed by atoms with Crippen molar-refractivity contribution in [3.63, 3.8) is 0 Å². The molecule has 0 atom stereocenters. The van der Waals surface area contributed by atoms with Crippen LogP contribution in [0.2, 0.25) is 0 Å². The Kier molecular flexibility index (Phi) is 4.65. The lowest BCUT2D eigenvalue weighted by Gasteiger charge is -2.09. The Hall–Kier alpha value is -3.48. The first-order valence-corrected chi connectivity index (χ1v) is 9.15. The number of hydrogen-bond donors (Lipinski definition) is 1. The molecule has 0 fully saturated rings. The van der Waals surface area contributed by atoms with Crippen LogP contribution < -0.4 is 0 Å². The molecule has 0 bridgehead atoms. The van der Waals surface area contributed by atoms with Crippen LogP contribution in [0, 0.1) is 0 Å². The highest BCUT2D eigenvalue weighted by Gasteiger charge is 2.24. The number of ether oxygens (including phenoxy) is 2. The maximum Gasteiger partial charge on any atom is 0.355 e. The lowest BCUT2D eigenvalue weighted by Crippen LogP contribution is -2.12. The van der Waals surface area contributed by atoms with Crippen molar-refractivity contribution in [2.45, 2.75) is 20.4 Å². The Balaban J connectivity index is 1.84. The van der Waals surface area contributed by atoms with Gasteiger partial charge < -0.3 is 23.4 Å². The van der Waals surface area contributed by atoms with Crippen molar-refractivity contribution in [3.05, 3.63) is 59.4 Å². The molecule has 0 radical (unpaired) electrons. The lowest BCUT2D eigenvalue weighted by molar-refractivity contribution is 0.0507. The smallest absolute Gasteiger partial charge is 0.355 e. The van der Waals surface area contributed by atoms with Crippen LogP contribution in [0.15, 0.2) is 46.9 Å². The maximum atomic E-state index is 12.5. The number of rotatable bonds is 6. The molecule has 0 amide bonds. The summed E-state index contributed by atoms with van der Waals surface area (Å²) in [4.78, 5) is 27.5. The molecule has 7 heteroatoms. The van der Waals surface area contributed by atoms with Crippen molar-refractivity contribution in [2.75, 3.05) is 13.2 Å². The highest BCUT2D eigenvalue weighted by atomic mass is 16.5. The number of furan rings is 1. The summed E-state index contributed by atoms with van der Waals surface area (Å²) < 4.78 is 18.0. The Morgan fingerprint density at radius 1 is 1.04 bits per heavy atom. The van der Waals surface area contributed by atoms with Gasteiger partial charge in [-0.3, -0.25) is 0 Å². The zero-order valence-electron chi connectivity index (χ0n) is 15.7. The Bertz CT molecular complexity index is 1150. The summed E-state index contributed by atoms with van der Waals surface area (Å²) >= 11 is 0. The third-order valence-corrected chi connectivity index (χ3v) is 4.47. The largest absolute Gasteiger partial charge is 0.461 e. The van der Waals surface area contributed by atoms with Crippen LogP contribution in [0.25, 0.3) is 22.2 Å². The van der Waals surface area contributed by atoms with Crippen molar-refractivity contribution in [1.29, 1.82) is 0 Å². The molecule has 1 N–H and O–H groups in total. The molecule has 4 rings (SSSR count). The zero-order chi connectivity index (χ0) is 19.7. The van der Waals surface area contributed by atoms with Gasteiger partial charge in [-0.15, -0.1) is 0 Å². The minimum Gasteiger partial charge on any atom is -0.461 e. The van der Waals surface area contributed by atoms with Gasteiger partial charge in [0, 0.05) is 6.07 Å². The highest BCUT2D eigenvalue weighted by molar-refractivity contribution is 6.08. The molecule has 1 aromatic carbocycles. The van der Waals surface area contributed by atoms with Gasteiger partial charge in [0.1, 0.15) is 11.4 Å². The van der Waals surface area contributed by atoms with Gasteiger partial charge in [-0.1, -0.05) is 30.3 Å². The topological polar surface area (TPSA) is 86.5 Å². The molecule has 0 saturated heterocycles. The number of carbonyl (C=O) groups is 2. The molecule has 0 aliphatic carbocycles. The Labute approximate surface area is 160 Å². The number of nitrogens with one attached hydrogen (secondary N) is 1. The second-order valence-electron chi connectivity index (χ2n) is 6.29. The molecule has 144 valence electrons. The number of aromatic amines is 1. The highest BCUT2D eigenvalue weighted by Crippen LogP contribution is 2.32. The van der Waals surface area contributed by atoms with Crippen LogP contribution >= 0.6 is 0 Å². The van der Waals surface area contributed by atoms with E-state index in [4.69, 9.17) is 13.9 Å². The van der Waals surface area contributed by atoms with Gasteiger partial charge in [0.15, 0.2) is 5.58 Å². The Morgan fingerprint density at radius 3 is 2.46 bits per heavy atom. The molecule has 4 aromatic rings. The molecule has 0 aliphatic heterocycles. The SMILES string of the molecule is CCOC(=O)c1cc2oc3c(cc(C(=O)OCC)n3Cc3ccccc3)c2[nH]1. The zero-order valence-corrected chi connectivity index (χ0v) is 15.7. The van der Waals surface area contributed by atoms with Crippen LogP contribution in [-0.4, -0.2) is 34.7 Å². The molecule has 0 unspecified atom stereocenters. The molecule has 0 saturated carbocycles. The van der Waals surface area contributed by atoms with Crippen LogP contribution in [0.5, 0.6) is 0 Å². The van der Waals surface area contributed by atoms with Gasteiger partial charge in [0.05, 0.1) is 30.7 Å². The number of fused-ring (bicyclic) bond motifs is 3. The third-order valence-electron chi connectivity index (χ3n) is 4.47. The molecule has 3 heterocycles. The van der Waals surface area contributed by atoms with Gasteiger partial charge in [0.25, 0.3) is 0 Å². The van der Waals surface area contributed by atoms with E-state index in [9.17, 15) is 9.59 Å². The summed E-state index contributed by atoms with van der Waals surface area (Å²) in [6, 6.07) is 13.1. The first-order valence-electron chi connectivity index (χ1n) is 9.15. The fraction of sp³-hybridized carbons (Fsp3) is 0.238. The van der Waals surface area contributed by atoms with Crippen molar-refractivity contribution in [1.82, 2.24) is 9.55 Å². The quantitative estimate of drug-likeness (QED) is 0.509. The van der Waals surface area contributed by atoms with E-state index < -0.39 is 11.9 Å². The number of carbonyl (C=O) groups excluding carboxylic acids is 2. The average molecular weight is 380 g/mol. The fourth-order valence-electron chi connectivity index (χ4n) is 3.26. The molecule has 0 aliphatic rings. The molecular weight excluding hydrogens is 360 g/mol. The number of esters is 2. The van der Waals surface area contributed by atoms with E-state index in [-0.39, 0.29) is 13.2 Å². The average Bonchev–Trinajstić information content (AvgIpc) is 3.33. The third kappa shape index (κ3) is 3.05. The molecule has 0 spiro atoms. The first kappa shape index (κ1) is 17.9. The van der Waals surface area contributed by atoms with Gasteiger partial charge >= 0.3 is 11.9 Å². The number of hydrogen-bond acceptors (Lipinski definition) is 5. The van der Waals surface area contributed by atoms with Crippen molar-refractivity contribution in [3.8, 4) is 0 Å². The van der Waals surface area contributed by atoms with E-state index in [1.165, 1.54) is 0 Å². The Morgan fingerprint density at radius 2 is 1.75 bits per heavy atom. The van der Waals surface area contributed by atoms with E-state index in [0.717, 1.165) is 5.56 Å². The predicted molar refractivity (Wildman–Crippen MR) is 104 cm³/mol. The van der Waals surface area contributed by atoms with Gasteiger partial charge in [0.2, 0.25) is 5.71 Å². The maximum absolute atomic E-state index is 12.5. The van der Waals surface area contributed by atoms with Crippen LogP contribution in [-0.2, 0) is 16.0 Å². The van der Waals surface area contributed by atoms with Crippen molar-refractivity contribution < 1.29 is 23.5 Å². The van der Waals surface area contributed by atoms with E-state index >= 15 is 0 Å². The molecule has 28 heavy (non-hydrogen) atoms. The summed E-state index contributed by atoms with van der Waals surface area (Å²) in [7, 11) is 0. The second-order valence-corrected chi connectivity index (χ2v) is 6.29.